The predicted molar refractivity (Wildman–Crippen MR) is 491 cm³/mol. The van der Waals surface area contributed by atoms with Crippen LogP contribution in [0.4, 0.5) is 5.69 Å². The number of nitrogens with zero attached hydrogens (tertiary/aromatic N) is 13. The maximum Gasteiger partial charge on any atom is 0.219 e. The Hall–Kier alpha value is -14.4. The molecule has 121 heavy (non-hydrogen) atoms. The number of benzene rings is 12. The monoisotopic (exact) mass is 1580 g/mol. The molecule has 13 nitrogen and oxygen atoms in total. The molecular weight excluding hydrogens is 1480 g/mol. The summed E-state index contributed by atoms with van der Waals surface area (Å²) < 4.78 is 27.3. The van der Waals surface area contributed by atoms with Crippen LogP contribution in [0, 0.1) is 82.7 Å². The van der Waals surface area contributed by atoms with Crippen molar-refractivity contribution in [2.24, 2.45) is 28.2 Å². The molecule has 0 atom stereocenters. The van der Waals surface area contributed by atoms with E-state index in [2.05, 4.69) is 476 Å². The Bertz CT molecular complexity index is 7590. The first-order valence-electron chi connectivity index (χ1n) is 41.7. The Morgan fingerprint density at radius 1 is 0.281 bits per heavy atom. The van der Waals surface area contributed by atoms with Crippen molar-refractivity contribution in [1.82, 2.24) is 18.7 Å². The lowest BCUT2D eigenvalue weighted by atomic mass is 9.85. The molecular formula is C108H105N13+8. The smallest absolute Gasteiger partial charge is 0.219 e. The van der Waals surface area contributed by atoms with Gasteiger partial charge in [-0.15, -0.1) is 37.5 Å². The number of rotatable bonds is 8. The fourth-order valence-electron chi connectivity index (χ4n) is 18.4. The molecule has 8 heterocycles. The van der Waals surface area contributed by atoms with Crippen molar-refractivity contribution in [3.63, 3.8) is 0 Å². The Morgan fingerprint density at radius 3 is 0.967 bits per heavy atom. The van der Waals surface area contributed by atoms with Gasteiger partial charge in [0.05, 0.1) is 44.8 Å². The van der Waals surface area contributed by atoms with Crippen LogP contribution >= 0.6 is 0 Å². The van der Waals surface area contributed by atoms with E-state index in [0.717, 1.165) is 33.7 Å². The van der Waals surface area contributed by atoms with E-state index in [1.165, 1.54) is 166 Å². The third kappa shape index (κ3) is 14.3. The van der Waals surface area contributed by atoms with Crippen LogP contribution in [0.5, 0.6) is 0 Å². The molecule has 0 aliphatic rings. The molecule has 0 radical (unpaired) electrons. The zero-order chi connectivity index (χ0) is 84.6. The van der Waals surface area contributed by atoms with E-state index < -0.39 is 0 Å². The standard InChI is InChI=1S/C29H31N3.C27H27N3.C26H22N4.C26H25N3/c1-20-15-16-22-11-7-9-13-25(22)31(20)27-17-24(29(3,4)5)18-28(21(27)2)32-26-14-10-8-12-23(26)19-30(32)6;1-18-16-19(2)27(30-25-13-9-7-11-23(25)17-28(30)5)21(4)26(18)29-20(3)14-15-22-10-6-8-12-24(22)29;1-18-13-14-20-9-5-7-11-23(20)29(18)25-15-22(27-3)16-26(19(25)2)30-24-12-8-6-10-21(24)17-28(30)4;1-18-15-25(28-19(2)13-14-21-9-5-7-11-23(21)28)20(3)26(16-18)29-24-12-8-6-10-22(24)17-27(29)4/h7-19H,1-6H3;6-17H,1-5H3;5-17H,1-2,4H3;5-17H,1-4H3/q4*+2. The summed E-state index contributed by atoms with van der Waals surface area (Å²) in [6.45, 7) is 38.8. The first-order chi connectivity index (χ1) is 58.3. The van der Waals surface area contributed by atoms with Gasteiger partial charge in [0.15, 0.2) is 56.7 Å². The molecule has 0 aliphatic carbocycles. The molecule has 8 aromatic heterocycles. The summed E-state index contributed by atoms with van der Waals surface area (Å²) in [6.07, 6.45) is 8.71. The molecule has 0 spiro atoms. The van der Waals surface area contributed by atoms with E-state index in [1.807, 2.05) is 19.2 Å². The van der Waals surface area contributed by atoms with Crippen LogP contribution in [0.1, 0.15) is 88.1 Å². The Balaban J connectivity index is 0.000000115. The summed E-state index contributed by atoms with van der Waals surface area (Å²) in [5, 5.41) is 9.82. The highest BCUT2D eigenvalue weighted by molar-refractivity contribution is 5.85. The van der Waals surface area contributed by atoms with Crippen molar-refractivity contribution in [3.8, 4) is 45.5 Å². The molecule has 0 saturated heterocycles. The second-order valence-corrected chi connectivity index (χ2v) is 33.6. The number of fused-ring (bicyclic) bond motifs is 8. The Kier molecular flexibility index (Phi) is 20.8. The normalized spacial score (nSPS) is 11.5. The minimum Gasteiger partial charge on any atom is -0.238 e. The molecule has 0 fully saturated rings. The molecule has 0 bridgehead atoms. The van der Waals surface area contributed by atoms with Gasteiger partial charge < -0.3 is 0 Å². The van der Waals surface area contributed by atoms with Crippen LogP contribution in [0.2, 0.25) is 0 Å². The molecule has 20 rings (SSSR count). The fourth-order valence-corrected chi connectivity index (χ4v) is 18.4. The van der Waals surface area contributed by atoms with Crippen LogP contribution in [0.25, 0.3) is 138 Å². The Labute approximate surface area is 708 Å². The van der Waals surface area contributed by atoms with Crippen molar-refractivity contribution in [3.05, 3.63) is 389 Å². The minimum absolute atomic E-state index is 0.0256. The zero-order valence-corrected chi connectivity index (χ0v) is 72.8. The second-order valence-electron chi connectivity index (χ2n) is 33.6. The molecule has 0 saturated carbocycles. The molecule has 12 aromatic carbocycles. The van der Waals surface area contributed by atoms with E-state index in [9.17, 15) is 0 Å². The van der Waals surface area contributed by atoms with Gasteiger partial charge in [-0.1, -0.05) is 118 Å². The second kappa shape index (κ2) is 31.8. The lowest BCUT2D eigenvalue weighted by Crippen LogP contribution is -2.40. The van der Waals surface area contributed by atoms with Gasteiger partial charge in [0.1, 0.15) is 44.8 Å². The summed E-state index contributed by atoms with van der Waals surface area (Å²) >= 11 is 0. The highest BCUT2D eigenvalue weighted by Gasteiger charge is 2.33. The molecule has 13 heteroatoms. The molecule has 20 aromatic rings. The average Bonchev–Trinajstić information content (AvgIpc) is 1.73. The third-order valence-electron chi connectivity index (χ3n) is 24.3. The highest BCUT2D eigenvalue weighted by Crippen LogP contribution is 2.36. The van der Waals surface area contributed by atoms with Crippen LogP contribution in [0.3, 0.4) is 0 Å². The predicted octanol–water partition coefficient (Wildman–Crippen LogP) is 20.8. The van der Waals surface area contributed by atoms with Gasteiger partial charge in [-0.3, -0.25) is 0 Å². The van der Waals surface area contributed by atoms with Gasteiger partial charge >= 0.3 is 0 Å². The summed E-state index contributed by atoms with van der Waals surface area (Å²) in [5.74, 6) is 0. The van der Waals surface area contributed by atoms with Crippen LogP contribution in [-0.4, -0.2) is 18.7 Å². The SMILES string of the molecule is Cc1c(-n2c3ccccc3c[n+]2C)cc(C(C)(C)C)cc1-[n+]1c(C)ccc2ccccc21.Cc1cc(-n2c3ccccc3c[n+]2C)c(C)c(-[n+]2c(C)ccc3ccccc32)c1.Cc1cc(C)c(-[n+]2c(C)ccc3ccccc32)c(C)c1-n1c2ccccc2c[n+]1C.[C-]#[N+]c1cc(-n2c3ccccc3c[n+]2C)c(C)c(-[n+]2c(C)ccc3ccccc32)c1. The zero-order valence-electron chi connectivity index (χ0n) is 72.8. The molecule has 0 aliphatic heterocycles. The number of aromatic nitrogens is 12. The number of hydrogen-bond donors (Lipinski definition) is 0. The first kappa shape index (κ1) is 79.1. The number of hydrogen-bond acceptors (Lipinski definition) is 0. The third-order valence-corrected chi connectivity index (χ3v) is 24.3. The average molecular weight is 1590 g/mol. The van der Waals surface area contributed by atoms with Crippen LogP contribution < -0.4 is 37.0 Å². The number of pyridine rings is 4. The van der Waals surface area contributed by atoms with Crippen molar-refractivity contribution in [2.45, 2.75) is 102 Å². The lowest BCUT2D eigenvalue weighted by Gasteiger charge is -2.21. The quantitative estimate of drug-likeness (QED) is 0.108. The fraction of sp³-hybridized carbons (Fsp3) is 0.176. The highest BCUT2D eigenvalue weighted by atomic mass is 15.4. The van der Waals surface area contributed by atoms with Crippen molar-refractivity contribution in [2.75, 3.05) is 0 Å². The van der Waals surface area contributed by atoms with Crippen LogP contribution in [0.15, 0.2) is 310 Å². The summed E-state index contributed by atoms with van der Waals surface area (Å²) in [5.41, 5.74) is 34.6. The number of aryl methyl sites for hydroxylation is 11. The van der Waals surface area contributed by atoms with Gasteiger partial charge in [-0.25, -0.2) is 4.85 Å². The minimum atomic E-state index is 0.0256. The van der Waals surface area contributed by atoms with E-state index in [0.29, 0.717) is 5.69 Å². The van der Waals surface area contributed by atoms with Gasteiger partial charge in [-0.05, 0) is 192 Å². The largest absolute Gasteiger partial charge is 0.238 e. The van der Waals surface area contributed by atoms with Crippen LogP contribution in [-0.2, 0) is 33.6 Å². The van der Waals surface area contributed by atoms with Gasteiger partial charge in [0.25, 0.3) is 0 Å². The van der Waals surface area contributed by atoms with E-state index >= 15 is 0 Å². The maximum atomic E-state index is 7.73. The van der Waals surface area contributed by atoms with Crippen molar-refractivity contribution < 1.29 is 37.0 Å². The van der Waals surface area contributed by atoms with E-state index in [4.69, 9.17) is 6.57 Å². The van der Waals surface area contributed by atoms with Gasteiger partial charge in [0.2, 0.25) is 69.6 Å². The summed E-state index contributed by atoms with van der Waals surface area (Å²) in [7, 11) is 8.39. The van der Waals surface area contributed by atoms with Crippen molar-refractivity contribution in [1.29, 1.82) is 0 Å². The van der Waals surface area contributed by atoms with E-state index in [-0.39, 0.29) is 5.41 Å². The lowest BCUT2D eigenvalue weighted by molar-refractivity contribution is -0.742. The van der Waals surface area contributed by atoms with Gasteiger partial charge in [0, 0.05) is 127 Å². The molecule has 594 valence electrons. The molecule has 0 unspecified atom stereocenters. The topological polar surface area (TPSA) is 55.1 Å². The molecule has 0 amide bonds. The molecule has 0 N–H and O–H groups in total. The summed E-state index contributed by atoms with van der Waals surface area (Å²) in [6, 6.07) is 102. The van der Waals surface area contributed by atoms with Gasteiger partial charge in [-0.2, -0.15) is 18.3 Å². The first-order valence-corrected chi connectivity index (χ1v) is 41.7. The summed E-state index contributed by atoms with van der Waals surface area (Å²) in [4.78, 5) is 3.80. The Morgan fingerprint density at radius 2 is 0.587 bits per heavy atom. The maximum absolute atomic E-state index is 7.73. The number of para-hydroxylation sites is 8. The van der Waals surface area contributed by atoms with Crippen molar-refractivity contribution >= 4 is 92.9 Å². The van der Waals surface area contributed by atoms with E-state index in [1.54, 1.807) is 0 Å².